The molecule has 0 radical (unpaired) electrons. The summed E-state index contributed by atoms with van der Waals surface area (Å²) in [7, 11) is -2.06. The summed E-state index contributed by atoms with van der Waals surface area (Å²) in [6.07, 6.45) is 2.66. The van der Waals surface area contributed by atoms with Gasteiger partial charge < -0.3 is 10.1 Å². The van der Waals surface area contributed by atoms with Crippen LogP contribution in [0.1, 0.15) is 30.4 Å². The van der Waals surface area contributed by atoms with Crippen molar-refractivity contribution >= 4 is 21.6 Å². The minimum Gasteiger partial charge on any atom is -0.495 e. The number of sulfonamides is 1. The molecular formula is C21H26N2O4S. The molecular weight excluding hydrogens is 376 g/mol. The zero-order valence-electron chi connectivity index (χ0n) is 16.3. The zero-order chi connectivity index (χ0) is 20.1. The van der Waals surface area contributed by atoms with E-state index in [-0.39, 0.29) is 10.8 Å². The molecule has 28 heavy (non-hydrogen) atoms. The van der Waals surface area contributed by atoms with Crippen molar-refractivity contribution in [3.05, 3.63) is 53.6 Å². The number of amides is 1. The van der Waals surface area contributed by atoms with Gasteiger partial charge in [-0.1, -0.05) is 29.8 Å². The molecule has 0 bridgehead atoms. The van der Waals surface area contributed by atoms with E-state index in [1.165, 1.54) is 29.1 Å². The van der Waals surface area contributed by atoms with Crippen LogP contribution in [0.25, 0.3) is 0 Å². The topological polar surface area (TPSA) is 75.7 Å². The van der Waals surface area contributed by atoms with Crippen molar-refractivity contribution in [2.45, 2.75) is 37.5 Å². The maximum absolute atomic E-state index is 12.8. The zero-order valence-corrected chi connectivity index (χ0v) is 17.1. The maximum atomic E-state index is 12.8. The van der Waals surface area contributed by atoms with E-state index in [0.717, 1.165) is 18.4 Å². The molecule has 1 saturated heterocycles. The highest BCUT2D eigenvalue weighted by molar-refractivity contribution is 7.89. The minimum atomic E-state index is -3.55. The fourth-order valence-corrected chi connectivity index (χ4v) is 4.79. The lowest BCUT2D eigenvalue weighted by molar-refractivity contribution is -0.116. The van der Waals surface area contributed by atoms with E-state index >= 15 is 0 Å². The first-order chi connectivity index (χ1) is 13.4. The molecule has 7 heteroatoms. The third-order valence-electron chi connectivity index (χ3n) is 4.91. The molecule has 2 aromatic rings. The maximum Gasteiger partial charge on any atom is 0.243 e. The van der Waals surface area contributed by atoms with Crippen molar-refractivity contribution in [3.63, 3.8) is 0 Å². The molecule has 1 fully saturated rings. The second kappa shape index (κ2) is 8.75. The van der Waals surface area contributed by atoms with Crippen molar-refractivity contribution < 1.29 is 17.9 Å². The molecule has 1 heterocycles. The molecule has 3 rings (SSSR count). The summed E-state index contributed by atoms with van der Waals surface area (Å²) in [5.74, 6) is 0.249. The number of carbonyl (C=O) groups excluding carboxylic acids is 1. The van der Waals surface area contributed by atoms with Crippen LogP contribution in [0.2, 0.25) is 0 Å². The highest BCUT2D eigenvalue weighted by Gasteiger charge is 2.28. The van der Waals surface area contributed by atoms with E-state index in [1.54, 1.807) is 6.07 Å². The van der Waals surface area contributed by atoms with Gasteiger partial charge in [0.25, 0.3) is 0 Å². The molecule has 1 amide bonds. The molecule has 1 aliphatic heterocycles. The van der Waals surface area contributed by atoms with Gasteiger partial charge in [0.15, 0.2) is 0 Å². The highest BCUT2D eigenvalue weighted by Crippen LogP contribution is 2.30. The van der Waals surface area contributed by atoms with Crippen molar-refractivity contribution in [1.29, 1.82) is 0 Å². The largest absolute Gasteiger partial charge is 0.495 e. The van der Waals surface area contributed by atoms with E-state index < -0.39 is 10.0 Å². The third kappa shape index (κ3) is 4.72. The van der Waals surface area contributed by atoms with Crippen LogP contribution in [0.4, 0.5) is 5.69 Å². The number of hydrogen-bond donors (Lipinski definition) is 1. The van der Waals surface area contributed by atoms with Gasteiger partial charge in [0.1, 0.15) is 5.75 Å². The monoisotopic (exact) mass is 402 g/mol. The van der Waals surface area contributed by atoms with E-state index in [2.05, 4.69) is 5.32 Å². The predicted octanol–water partition coefficient (Wildman–Crippen LogP) is 3.36. The summed E-state index contributed by atoms with van der Waals surface area (Å²) in [4.78, 5) is 12.6. The summed E-state index contributed by atoms with van der Waals surface area (Å²) >= 11 is 0. The Morgan fingerprint density at radius 3 is 2.43 bits per heavy atom. The number of benzene rings is 2. The van der Waals surface area contributed by atoms with Crippen LogP contribution >= 0.6 is 0 Å². The average Bonchev–Trinajstić information content (AvgIpc) is 3.23. The van der Waals surface area contributed by atoms with Gasteiger partial charge in [0.05, 0.1) is 17.7 Å². The van der Waals surface area contributed by atoms with Gasteiger partial charge >= 0.3 is 0 Å². The Morgan fingerprint density at radius 2 is 1.79 bits per heavy atom. The lowest BCUT2D eigenvalue weighted by Gasteiger charge is -2.17. The third-order valence-corrected chi connectivity index (χ3v) is 6.80. The van der Waals surface area contributed by atoms with Crippen LogP contribution in [0, 0.1) is 6.92 Å². The summed E-state index contributed by atoms with van der Waals surface area (Å²) in [6, 6.07) is 12.6. The number of ether oxygens (including phenoxy) is 1. The Balaban J connectivity index is 1.72. The first kappa shape index (κ1) is 20.4. The SMILES string of the molecule is COc1ccc(S(=O)(=O)N2CCCC2)cc1NC(=O)CCc1ccc(C)cc1. The molecule has 2 aromatic carbocycles. The first-order valence-electron chi connectivity index (χ1n) is 9.44. The number of rotatable bonds is 7. The normalized spacial score (nSPS) is 14.8. The molecule has 1 aliphatic rings. The minimum absolute atomic E-state index is 0.170. The van der Waals surface area contributed by atoms with Crippen LogP contribution < -0.4 is 10.1 Å². The number of hydrogen-bond acceptors (Lipinski definition) is 4. The second-order valence-corrected chi connectivity index (χ2v) is 8.94. The van der Waals surface area contributed by atoms with Crippen molar-refractivity contribution in [3.8, 4) is 5.75 Å². The standard InChI is InChI=1S/C21H26N2O4S/c1-16-5-7-17(8-6-16)9-12-21(24)22-19-15-18(10-11-20(19)27-2)28(25,26)23-13-3-4-14-23/h5-8,10-11,15H,3-4,9,12-14H2,1-2H3,(H,22,24). The van der Waals surface area contributed by atoms with Crippen LogP contribution in [-0.4, -0.2) is 38.8 Å². The smallest absolute Gasteiger partial charge is 0.243 e. The number of anilines is 1. The van der Waals surface area contributed by atoms with Crippen LogP contribution in [0.3, 0.4) is 0 Å². The van der Waals surface area contributed by atoms with Crippen LogP contribution in [0.5, 0.6) is 5.75 Å². The van der Waals surface area contributed by atoms with Gasteiger partial charge in [-0.2, -0.15) is 4.31 Å². The summed E-state index contributed by atoms with van der Waals surface area (Å²) in [5.41, 5.74) is 2.63. The Hall–Kier alpha value is -2.38. The number of methoxy groups -OCH3 is 1. The second-order valence-electron chi connectivity index (χ2n) is 7.01. The van der Waals surface area contributed by atoms with Gasteiger partial charge in [-0.05, 0) is 49.9 Å². The molecule has 0 atom stereocenters. The van der Waals surface area contributed by atoms with Crippen LogP contribution in [0.15, 0.2) is 47.4 Å². The molecule has 0 spiro atoms. The van der Waals surface area contributed by atoms with Gasteiger partial charge in [-0.3, -0.25) is 4.79 Å². The Labute approximate surface area is 166 Å². The number of aryl methyl sites for hydroxylation is 2. The number of nitrogens with zero attached hydrogens (tertiary/aromatic N) is 1. The van der Waals surface area contributed by atoms with E-state index in [4.69, 9.17) is 4.74 Å². The molecule has 150 valence electrons. The van der Waals surface area contributed by atoms with Crippen molar-refractivity contribution in [2.75, 3.05) is 25.5 Å². The molecule has 0 aliphatic carbocycles. The van der Waals surface area contributed by atoms with Crippen molar-refractivity contribution in [1.82, 2.24) is 4.31 Å². The molecule has 0 saturated carbocycles. The predicted molar refractivity (Wildman–Crippen MR) is 109 cm³/mol. The Morgan fingerprint density at radius 1 is 1.11 bits per heavy atom. The fraction of sp³-hybridized carbons (Fsp3) is 0.381. The summed E-state index contributed by atoms with van der Waals surface area (Å²) in [6.45, 7) is 3.09. The van der Waals surface area contributed by atoms with Crippen molar-refractivity contribution in [2.24, 2.45) is 0 Å². The number of carbonyl (C=O) groups is 1. The van der Waals surface area contributed by atoms with Gasteiger partial charge in [0.2, 0.25) is 15.9 Å². The van der Waals surface area contributed by atoms with Gasteiger partial charge in [0, 0.05) is 19.5 Å². The molecule has 0 aromatic heterocycles. The Kier molecular flexibility index (Phi) is 6.36. The molecule has 0 unspecified atom stereocenters. The highest BCUT2D eigenvalue weighted by atomic mass is 32.2. The van der Waals surface area contributed by atoms with E-state index in [1.807, 2.05) is 31.2 Å². The lowest BCUT2D eigenvalue weighted by Crippen LogP contribution is -2.28. The lowest BCUT2D eigenvalue weighted by atomic mass is 10.1. The van der Waals surface area contributed by atoms with E-state index in [0.29, 0.717) is 37.4 Å². The molecule has 6 nitrogen and oxygen atoms in total. The summed E-state index contributed by atoms with van der Waals surface area (Å²) < 4.78 is 32.3. The molecule has 1 N–H and O–H groups in total. The van der Waals surface area contributed by atoms with Crippen LogP contribution in [-0.2, 0) is 21.2 Å². The number of nitrogens with one attached hydrogen (secondary N) is 1. The van der Waals surface area contributed by atoms with Gasteiger partial charge in [-0.15, -0.1) is 0 Å². The van der Waals surface area contributed by atoms with Gasteiger partial charge in [-0.25, -0.2) is 8.42 Å². The average molecular weight is 403 g/mol. The summed E-state index contributed by atoms with van der Waals surface area (Å²) in [5, 5.41) is 2.80. The fourth-order valence-electron chi connectivity index (χ4n) is 3.25. The Bertz CT molecular complexity index is 933. The first-order valence-corrected chi connectivity index (χ1v) is 10.9. The van der Waals surface area contributed by atoms with E-state index in [9.17, 15) is 13.2 Å². The quantitative estimate of drug-likeness (QED) is 0.771.